The molecule has 2 aliphatic rings. The maximum atomic E-state index is 5.77. The lowest BCUT2D eigenvalue weighted by Gasteiger charge is -2.26. The van der Waals surface area contributed by atoms with Crippen LogP contribution in [0.1, 0.15) is 11.1 Å². The van der Waals surface area contributed by atoms with Crippen molar-refractivity contribution in [2.45, 2.75) is 6.42 Å². The van der Waals surface area contributed by atoms with Crippen LogP contribution in [-0.4, -0.2) is 23.9 Å². The van der Waals surface area contributed by atoms with Crippen LogP contribution in [0.4, 0.5) is 5.69 Å². The molecule has 0 atom stereocenters. The lowest BCUT2D eigenvalue weighted by molar-refractivity contribution is 0.421. The van der Waals surface area contributed by atoms with Crippen LogP contribution in [0.2, 0.25) is 0 Å². The van der Waals surface area contributed by atoms with Gasteiger partial charge in [-0.05, 0) is 24.1 Å². The van der Waals surface area contributed by atoms with Crippen LogP contribution in [0.3, 0.4) is 0 Å². The third kappa shape index (κ3) is 0.968. The number of fused-ring (bicyclic) bond motifs is 3. The number of nitrogens with one attached hydrogen (secondary N) is 1. The van der Waals surface area contributed by atoms with Crippen molar-refractivity contribution >= 4 is 11.5 Å². The molecule has 0 unspecified atom stereocenters. The summed E-state index contributed by atoms with van der Waals surface area (Å²) in [7, 11) is 0. The van der Waals surface area contributed by atoms with Gasteiger partial charge in [0.05, 0.1) is 0 Å². The Kier molecular flexibility index (Phi) is 1.45. The zero-order valence-electron chi connectivity index (χ0n) is 7.83. The molecule has 3 N–H and O–H groups in total. The van der Waals surface area contributed by atoms with E-state index in [9.17, 15) is 0 Å². The normalized spacial score (nSPS) is 18.3. The highest BCUT2D eigenvalue weighted by molar-refractivity contribution is 6.02. The van der Waals surface area contributed by atoms with E-state index < -0.39 is 0 Å². The number of hydrogen-bond donors (Lipinski definition) is 2. The fourth-order valence-corrected chi connectivity index (χ4v) is 2.03. The predicted molar refractivity (Wildman–Crippen MR) is 55.8 cm³/mol. The van der Waals surface area contributed by atoms with Gasteiger partial charge < -0.3 is 10.6 Å². The van der Waals surface area contributed by atoms with E-state index in [0.717, 1.165) is 31.2 Å². The van der Waals surface area contributed by atoms with E-state index in [1.807, 2.05) is 12.1 Å². The molecule has 4 heteroatoms. The minimum absolute atomic E-state index is 0.806. The van der Waals surface area contributed by atoms with Gasteiger partial charge in [-0.2, -0.15) is 5.10 Å². The molecule has 14 heavy (non-hydrogen) atoms. The van der Waals surface area contributed by atoms with E-state index >= 15 is 0 Å². The molecule has 0 bridgehead atoms. The highest BCUT2D eigenvalue weighted by atomic mass is 15.5. The highest BCUT2D eigenvalue weighted by Crippen LogP contribution is 2.22. The Morgan fingerprint density at radius 1 is 1.43 bits per heavy atom. The second kappa shape index (κ2) is 2.64. The predicted octanol–water partition coefficient (Wildman–Crippen LogP) is 0.349. The Morgan fingerprint density at radius 2 is 2.36 bits per heavy atom. The van der Waals surface area contributed by atoms with Crippen LogP contribution in [-0.2, 0) is 6.42 Å². The van der Waals surface area contributed by atoms with Gasteiger partial charge >= 0.3 is 0 Å². The Balaban J connectivity index is 2.16. The average molecular weight is 188 g/mol. The molecule has 4 nitrogen and oxygen atoms in total. The number of rotatable bonds is 0. The van der Waals surface area contributed by atoms with E-state index in [4.69, 9.17) is 5.73 Å². The number of nitrogens with zero attached hydrogens (tertiary/aromatic N) is 2. The van der Waals surface area contributed by atoms with Crippen LogP contribution in [0.5, 0.6) is 0 Å². The first-order valence-electron chi connectivity index (χ1n) is 4.79. The van der Waals surface area contributed by atoms with Gasteiger partial charge in [0.2, 0.25) is 0 Å². The Bertz CT molecular complexity index is 411. The summed E-state index contributed by atoms with van der Waals surface area (Å²) in [4.78, 5) is 2.24. The first-order valence-corrected chi connectivity index (χ1v) is 4.79. The van der Waals surface area contributed by atoms with Crippen LogP contribution in [0.15, 0.2) is 23.3 Å². The molecule has 0 aromatic heterocycles. The van der Waals surface area contributed by atoms with E-state index in [0.29, 0.717) is 0 Å². The first-order chi connectivity index (χ1) is 6.84. The molecule has 0 saturated heterocycles. The molecule has 2 aliphatic heterocycles. The Hall–Kier alpha value is -1.71. The molecular weight excluding hydrogens is 176 g/mol. The summed E-state index contributed by atoms with van der Waals surface area (Å²) in [5, 5.41) is 4.28. The minimum atomic E-state index is 0.806. The second-order valence-electron chi connectivity index (χ2n) is 3.68. The number of nitrogens with two attached hydrogens (primary N) is 1. The summed E-state index contributed by atoms with van der Waals surface area (Å²) in [5.74, 6) is 1.04. The maximum Gasteiger partial charge on any atom is 0.157 e. The largest absolute Gasteiger partial charge is 0.399 e. The number of benzene rings is 1. The van der Waals surface area contributed by atoms with E-state index in [1.54, 1.807) is 0 Å². The van der Waals surface area contributed by atoms with Crippen molar-refractivity contribution in [1.82, 2.24) is 10.3 Å². The van der Waals surface area contributed by atoms with Crippen LogP contribution >= 0.6 is 0 Å². The monoisotopic (exact) mass is 188 g/mol. The minimum Gasteiger partial charge on any atom is -0.399 e. The molecule has 2 heterocycles. The van der Waals surface area contributed by atoms with Crippen molar-refractivity contribution in [3.63, 3.8) is 0 Å². The molecule has 0 fully saturated rings. The Labute approximate surface area is 82.4 Å². The SMILES string of the molecule is Nc1ccc2c(c1)C1=NNCN1CC2. The van der Waals surface area contributed by atoms with Gasteiger partial charge in [-0.1, -0.05) is 6.07 Å². The molecule has 0 spiro atoms. The summed E-state index contributed by atoms with van der Waals surface area (Å²) in [5.41, 5.74) is 12.1. The molecule has 1 aromatic rings. The van der Waals surface area contributed by atoms with Gasteiger partial charge in [0.1, 0.15) is 6.67 Å². The molecular formula is C10H12N4. The lowest BCUT2D eigenvalue weighted by Crippen LogP contribution is -2.36. The quantitative estimate of drug-likeness (QED) is 0.578. The second-order valence-corrected chi connectivity index (χ2v) is 3.68. The van der Waals surface area contributed by atoms with E-state index in [1.165, 1.54) is 11.1 Å². The smallest absolute Gasteiger partial charge is 0.157 e. The summed E-state index contributed by atoms with van der Waals surface area (Å²) >= 11 is 0. The summed E-state index contributed by atoms with van der Waals surface area (Å²) in [6.07, 6.45) is 1.08. The van der Waals surface area contributed by atoms with Crippen molar-refractivity contribution in [2.75, 3.05) is 18.9 Å². The molecule has 0 amide bonds. The summed E-state index contributed by atoms with van der Waals surface area (Å²) in [6.45, 7) is 1.87. The van der Waals surface area contributed by atoms with Crippen molar-refractivity contribution < 1.29 is 0 Å². The van der Waals surface area contributed by atoms with Crippen molar-refractivity contribution in [2.24, 2.45) is 5.10 Å². The van der Waals surface area contributed by atoms with Crippen LogP contribution in [0, 0.1) is 0 Å². The summed E-state index contributed by atoms with van der Waals surface area (Å²) in [6, 6.07) is 6.06. The fraction of sp³-hybridized carbons (Fsp3) is 0.300. The third-order valence-electron chi connectivity index (χ3n) is 2.77. The standard InChI is InChI=1S/C10H12N4/c11-8-2-1-7-3-4-14-6-12-13-10(14)9(7)5-8/h1-2,5,12H,3-4,6,11H2. The third-order valence-corrected chi connectivity index (χ3v) is 2.77. The highest BCUT2D eigenvalue weighted by Gasteiger charge is 2.25. The molecule has 1 aromatic carbocycles. The van der Waals surface area contributed by atoms with Gasteiger partial charge in [0.15, 0.2) is 5.84 Å². The van der Waals surface area contributed by atoms with Gasteiger partial charge in [0.25, 0.3) is 0 Å². The maximum absolute atomic E-state index is 5.77. The number of anilines is 1. The number of hydrazone groups is 1. The average Bonchev–Trinajstić information content (AvgIpc) is 2.65. The van der Waals surface area contributed by atoms with Gasteiger partial charge in [-0.3, -0.25) is 5.43 Å². The van der Waals surface area contributed by atoms with Crippen molar-refractivity contribution in [1.29, 1.82) is 0 Å². The zero-order valence-corrected chi connectivity index (χ0v) is 7.83. The molecule has 0 radical (unpaired) electrons. The zero-order chi connectivity index (χ0) is 9.54. The lowest BCUT2D eigenvalue weighted by atomic mass is 9.98. The van der Waals surface area contributed by atoms with Gasteiger partial charge in [0, 0.05) is 17.8 Å². The number of amidine groups is 1. The van der Waals surface area contributed by atoms with Gasteiger partial charge in [-0.15, -0.1) is 0 Å². The van der Waals surface area contributed by atoms with Gasteiger partial charge in [-0.25, -0.2) is 0 Å². The topological polar surface area (TPSA) is 53.6 Å². The van der Waals surface area contributed by atoms with Crippen LogP contribution in [0.25, 0.3) is 0 Å². The van der Waals surface area contributed by atoms with E-state index in [-0.39, 0.29) is 0 Å². The number of hydrogen-bond acceptors (Lipinski definition) is 4. The Morgan fingerprint density at radius 3 is 3.29 bits per heavy atom. The van der Waals surface area contributed by atoms with E-state index in [2.05, 4.69) is 21.5 Å². The fourth-order valence-electron chi connectivity index (χ4n) is 2.03. The number of nitrogen functional groups attached to an aromatic ring is 1. The van der Waals surface area contributed by atoms with Crippen molar-refractivity contribution in [3.8, 4) is 0 Å². The molecule has 72 valence electrons. The van der Waals surface area contributed by atoms with Crippen LogP contribution < -0.4 is 11.2 Å². The molecule has 0 saturated carbocycles. The van der Waals surface area contributed by atoms with Crippen molar-refractivity contribution in [3.05, 3.63) is 29.3 Å². The molecule has 3 rings (SSSR count). The first kappa shape index (κ1) is 7.67. The summed E-state index contributed by atoms with van der Waals surface area (Å²) < 4.78 is 0. The molecule has 0 aliphatic carbocycles.